The van der Waals surface area contributed by atoms with Crippen LogP contribution in [0.5, 0.6) is 0 Å². The molecule has 6 rings (SSSR count). The first-order valence-corrected chi connectivity index (χ1v) is 12.4. The van der Waals surface area contributed by atoms with Crippen molar-refractivity contribution in [2.75, 3.05) is 6.67 Å². The molecule has 0 saturated carbocycles. The van der Waals surface area contributed by atoms with Gasteiger partial charge < -0.3 is 14.4 Å². The molecule has 6 nitrogen and oxygen atoms in total. The van der Waals surface area contributed by atoms with Crippen LogP contribution in [0.2, 0.25) is 0 Å². The number of nitrogens with zero attached hydrogens (tertiary/aromatic N) is 2. The highest BCUT2D eigenvalue weighted by molar-refractivity contribution is 5.91. The zero-order chi connectivity index (χ0) is 25.7. The van der Waals surface area contributed by atoms with E-state index in [2.05, 4.69) is 25.1 Å². The van der Waals surface area contributed by atoms with Crippen LogP contribution in [0.15, 0.2) is 59.4 Å². The van der Waals surface area contributed by atoms with Crippen LogP contribution >= 0.6 is 0 Å². The number of carbonyl (C=O) groups excluding carboxylic acids is 1. The second kappa shape index (κ2) is 8.78. The molecule has 0 radical (unpaired) electrons. The SMILES string of the molecule is CCc1c2c(nc3ccc(/C=C/c4ccccc4)cc13)-c1cc3c(c(=O)n1C2)COC(=O)C3(O)CCF. The molecular weight excluding hydrogens is 471 g/mol. The Balaban J connectivity index is 1.50. The average molecular weight is 497 g/mol. The van der Waals surface area contributed by atoms with Gasteiger partial charge in [-0.3, -0.25) is 9.18 Å². The van der Waals surface area contributed by atoms with Crippen LogP contribution in [-0.2, 0) is 34.7 Å². The zero-order valence-corrected chi connectivity index (χ0v) is 20.3. The van der Waals surface area contributed by atoms with Crippen molar-refractivity contribution in [3.05, 3.63) is 98.3 Å². The van der Waals surface area contributed by atoms with Gasteiger partial charge in [-0.1, -0.05) is 55.5 Å². The molecule has 1 unspecified atom stereocenters. The minimum absolute atomic E-state index is 0.117. The average Bonchev–Trinajstić information content (AvgIpc) is 3.28. The summed E-state index contributed by atoms with van der Waals surface area (Å²) < 4.78 is 20.0. The van der Waals surface area contributed by atoms with Gasteiger partial charge in [-0.25, -0.2) is 9.78 Å². The van der Waals surface area contributed by atoms with Gasteiger partial charge in [-0.05, 0) is 41.3 Å². The normalized spacial score (nSPS) is 18.1. The molecule has 0 fully saturated rings. The van der Waals surface area contributed by atoms with Crippen molar-refractivity contribution < 1.29 is 19.0 Å². The van der Waals surface area contributed by atoms with Crippen molar-refractivity contribution in [3.63, 3.8) is 0 Å². The first-order valence-electron chi connectivity index (χ1n) is 12.4. The number of hydrogen-bond acceptors (Lipinski definition) is 5. The summed E-state index contributed by atoms with van der Waals surface area (Å²) in [6.07, 6.45) is 4.40. The minimum Gasteiger partial charge on any atom is -0.458 e. The molecule has 2 aromatic heterocycles. The Morgan fingerprint density at radius 3 is 2.62 bits per heavy atom. The molecule has 7 heteroatoms. The molecule has 37 heavy (non-hydrogen) atoms. The largest absolute Gasteiger partial charge is 0.458 e. The van der Waals surface area contributed by atoms with Crippen LogP contribution in [-0.4, -0.2) is 27.3 Å². The summed E-state index contributed by atoms with van der Waals surface area (Å²) >= 11 is 0. The minimum atomic E-state index is -2.19. The van der Waals surface area contributed by atoms with E-state index >= 15 is 0 Å². The molecule has 0 amide bonds. The Bertz CT molecular complexity index is 1660. The lowest BCUT2D eigenvalue weighted by Gasteiger charge is -2.31. The Morgan fingerprint density at radius 2 is 1.86 bits per heavy atom. The molecular formula is C30H25FN2O4. The van der Waals surface area contributed by atoms with E-state index in [0.717, 1.165) is 39.6 Å². The first kappa shape index (κ1) is 23.3. The van der Waals surface area contributed by atoms with Crippen LogP contribution in [0.4, 0.5) is 4.39 Å². The van der Waals surface area contributed by atoms with E-state index < -0.39 is 24.7 Å². The fourth-order valence-electron chi connectivity index (χ4n) is 5.48. The summed E-state index contributed by atoms with van der Waals surface area (Å²) in [7, 11) is 0. The highest BCUT2D eigenvalue weighted by atomic mass is 19.1. The van der Waals surface area contributed by atoms with Crippen LogP contribution < -0.4 is 5.56 Å². The summed E-state index contributed by atoms with van der Waals surface area (Å²) in [6, 6.07) is 17.8. The number of alkyl halides is 1. The molecule has 2 aliphatic heterocycles. The van der Waals surface area contributed by atoms with Gasteiger partial charge in [-0.2, -0.15) is 0 Å². The Kier molecular flexibility index (Phi) is 5.53. The molecule has 0 aliphatic carbocycles. The lowest BCUT2D eigenvalue weighted by Crippen LogP contribution is -2.45. The summed E-state index contributed by atoms with van der Waals surface area (Å²) in [4.78, 5) is 30.8. The van der Waals surface area contributed by atoms with E-state index in [4.69, 9.17) is 9.72 Å². The molecule has 186 valence electrons. The number of halogens is 1. The lowest BCUT2D eigenvalue weighted by atomic mass is 9.85. The third-order valence-corrected chi connectivity index (χ3v) is 7.40. The van der Waals surface area contributed by atoms with Crippen LogP contribution in [0.25, 0.3) is 34.4 Å². The quantitative estimate of drug-likeness (QED) is 0.280. The second-order valence-corrected chi connectivity index (χ2v) is 9.48. The van der Waals surface area contributed by atoms with Gasteiger partial charge in [0.15, 0.2) is 5.60 Å². The maximum absolute atomic E-state index is 13.5. The van der Waals surface area contributed by atoms with Gasteiger partial charge in [0.05, 0.1) is 35.7 Å². The van der Waals surface area contributed by atoms with Crippen LogP contribution in [0, 0.1) is 0 Å². The number of aryl methyl sites for hydroxylation is 1. The number of aliphatic hydroxyl groups is 1. The fourth-order valence-corrected chi connectivity index (χ4v) is 5.48. The molecule has 1 N–H and O–H groups in total. The standard InChI is InChI=1S/C30H25FN2O4/c1-2-20-21-14-19(9-8-18-6-4-3-5-7-18)10-11-25(21)32-27-22(20)16-33-26(27)15-24-23(28(33)34)17-37-29(35)30(24,36)12-13-31/h3-11,14-15,36H,2,12-13,16-17H2,1H3/b9-8+. The van der Waals surface area contributed by atoms with E-state index in [9.17, 15) is 19.1 Å². The summed E-state index contributed by atoms with van der Waals surface area (Å²) in [5, 5.41) is 12.1. The van der Waals surface area contributed by atoms with E-state index in [1.165, 1.54) is 0 Å². The number of carbonyl (C=O) groups is 1. The van der Waals surface area contributed by atoms with Gasteiger partial charge in [0, 0.05) is 22.9 Å². The van der Waals surface area contributed by atoms with E-state index in [1.807, 2.05) is 42.5 Å². The third kappa shape index (κ3) is 3.61. The molecule has 2 aliphatic rings. The number of hydrogen-bond donors (Lipinski definition) is 1. The second-order valence-electron chi connectivity index (χ2n) is 9.48. The van der Waals surface area contributed by atoms with Crippen LogP contribution in [0.1, 0.15) is 46.7 Å². The third-order valence-electron chi connectivity index (χ3n) is 7.40. The molecule has 0 bridgehead atoms. The predicted octanol–water partition coefficient (Wildman–Crippen LogP) is 4.76. The van der Waals surface area contributed by atoms with E-state index in [1.54, 1.807) is 10.6 Å². The number of benzene rings is 2. The van der Waals surface area contributed by atoms with Crippen molar-refractivity contribution in [2.45, 2.75) is 38.5 Å². The number of rotatable bonds is 5. The number of pyridine rings is 2. The van der Waals surface area contributed by atoms with Crippen molar-refractivity contribution in [1.29, 1.82) is 0 Å². The van der Waals surface area contributed by atoms with Crippen molar-refractivity contribution in [3.8, 4) is 11.4 Å². The molecule has 4 aromatic rings. The van der Waals surface area contributed by atoms with Crippen molar-refractivity contribution >= 4 is 29.0 Å². The maximum Gasteiger partial charge on any atom is 0.343 e. The summed E-state index contributed by atoms with van der Waals surface area (Å²) in [6.45, 7) is 1.24. The lowest BCUT2D eigenvalue weighted by molar-refractivity contribution is -0.173. The molecule has 2 aromatic carbocycles. The Morgan fingerprint density at radius 1 is 1.08 bits per heavy atom. The molecule has 1 atom stereocenters. The fraction of sp³-hybridized carbons (Fsp3) is 0.233. The number of fused-ring (bicyclic) bond motifs is 5. The Labute approximate surface area is 212 Å². The smallest absolute Gasteiger partial charge is 0.343 e. The highest BCUT2D eigenvalue weighted by Crippen LogP contribution is 2.40. The zero-order valence-electron chi connectivity index (χ0n) is 20.3. The monoisotopic (exact) mass is 496 g/mol. The van der Waals surface area contributed by atoms with E-state index in [-0.39, 0.29) is 23.3 Å². The maximum atomic E-state index is 13.5. The van der Waals surface area contributed by atoms with Crippen molar-refractivity contribution in [1.82, 2.24) is 9.55 Å². The molecule has 4 heterocycles. The van der Waals surface area contributed by atoms with Crippen LogP contribution in [0.3, 0.4) is 0 Å². The summed E-state index contributed by atoms with van der Waals surface area (Å²) in [5.74, 6) is -0.933. The number of cyclic esters (lactones) is 1. The Hall–Kier alpha value is -4.10. The molecule has 0 spiro atoms. The first-order chi connectivity index (χ1) is 17.9. The van der Waals surface area contributed by atoms with E-state index in [0.29, 0.717) is 17.9 Å². The highest BCUT2D eigenvalue weighted by Gasteiger charge is 2.46. The topological polar surface area (TPSA) is 81.4 Å². The number of ether oxygens (including phenoxy) is 1. The van der Waals surface area contributed by atoms with Crippen molar-refractivity contribution in [2.24, 2.45) is 0 Å². The predicted molar refractivity (Wildman–Crippen MR) is 140 cm³/mol. The molecule has 0 saturated heterocycles. The number of aromatic nitrogens is 2. The van der Waals surface area contributed by atoms with Gasteiger partial charge in [0.1, 0.15) is 6.61 Å². The number of esters is 1. The van der Waals surface area contributed by atoms with Gasteiger partial charge in [0.2, 0.25) is 0 Å². The van der Waals surface area contributed by atoms with Gasteiger partial charge in [0.25, 0.3) is 5.56 Å². The van der Waals surface area contributed by atoms with Gasteiger partial charge in [-0.15, -0.1) is 0 Å². The van der Waals surface area contributed by atoms with Gasteiger partial charge >= 0.3 is 5.97 Å². The summed E-state index contributed by atoms with van der Waals surface area (Å²) in [5.41, 5.74) is 3.93.